The summed E-state index contributed by atoms with van der Waals surface area (Å²) in [7, 11) is 0. The van der Waals surface area contributed by atoms with Gasteiger partial charge in [-0.2, -0.15) is 5.10 Å². The second-order valence-electron chi connectivity index (χ2n) is 3.50. The van der Waals surface area contributed by atoms with E-state index in [2.05, 4.69) is 20.8 Å². The largest absolute Gasteiger partial charge is 0.316 e. The molecule has 0 bridgehead atoms. The van der Waals surface area contributed by atoms with Crippen molar-refractivity contribution in [3.8, 4) is 0 Å². The minimum Gasteiger partial charge on any atom is -0.316 e. The Morgan fingerprint density at radius 2 is 2.57 bits per heavy atom. The third-order valence-corrected chi connectivity index (χ3v) is 2.43. The van der Waals surface area contributed by atoms with Crippen LogP contribution in [0.4, 0.5) is 5.82 Å². The molecule has 1 fully saturated rings. The number of anilines is 1. The van der Waals surface area contributed by atoms with Crippen LogP contribution >= 0.6 is 0 Å². The van der Waals surface area contributed by atoms with E-state index in [9.17, 15) is 4.79 Å². The Labute approximate surface area is 82.3 Å². The fraction of sp³-hybridized carbons (Fsp3) is 0.556. The lowest BCUT2D eigenvalue weighted by molar-refractivity contribution is -0.120. The number of H-pyrrole nitrogens is 1. The lowest BCUT2D eigenvalue weighted by Gasteiger charge is -2.21. The normalized spacial score (nSPS) is 21.9. The van der Waals surface area contributed by atoms with E-state index in [1.807, 2.05) is 0 Å². The molecule has 14 heavy (non-hydrogen) atoms. The molecule has 1 aromatic heterocycles. The van der Waals surface area contributed by atoms with Crippen molar-refractivity contribution in [2.45, 2.75) is 12.8 Å². The molecule has 0 radical (unpaired) electrons. The number of piperidine rings is 1. The summed E-state index contributed by atoms with van der Waals surface area (Å²) in [5, 5.41) is 12.5. The van der Waals surface area contributed by atoms with Crippen molar-refractivity contribution in [3.63, 3.8) is 0 Å². The minimum atomic E-state index is 0.0708. The van der Waals surface area contributed by atoms with E-state index in [0.29, 0.717) is 5.82 Å². The average Bonchev–Trinajstić information content (AvgIpc) is 2.72. The van der Waals surface area contributed by atoms with Crippen molar-refractivity contribution < 1.29 is 4.79 Å². The molecule has 1 aromatic rings. The molecule has 76 valence electrons. The van der Waals surface area contributed by atoms with Crippen LogP contribution in [-0.4, -0.2) is 29.2 Å². The second kappa shape index (κ2) is 4.23. The summed E-state index contributed by atoms with van der Waals surface area (Å²) < 4.78 is 0. The zero-order chi connectivity index (χ0) is 9.80. The Bertz CT molecular complexity index is 290. The predicted octanol–water partition coefficient (Wildman–Crippen LogP) is 0.348. The maximum Gasteiger partial charge on any atom is 0.229 e. The van der Waals surface area contributed by atoms with Crippen LogP contribution in [0, 0.1) is 5.92 Å². The van der Waals surface area contributed by atoms with Crippen molar-refractivity contribution >= 4 is 11.7 Å². The number of aromatic amines is 1. The Hall–Kier alpha value is -1.36. The molecule has 5 nitrogen and oxygen atoms in total. The molecule has 0 spiro atoms. The molecule has 2 rings (SSSR count). The Balaban J connectivity index is 1.88. The van der Waals surface area contributed by atoms with Gasteiger partial charge >= 0.3 is 0 Å². The first kappa shape index (κ1) is 9.21. The number of hydrogen-bond acceptors (Lipinski definition) is 3. The average molecular weight is 194 g/mol. The summed E-state index contributed by atoms with van der Waals surface area (Å²) in [4.78, 5) is 11.7. The van der Waals surface area contributed by atoms with Crippen molar-refractivity contribution in [2.75, 3.05) is 18.4 Å². The van der Waals surface area contributed by atoms with E-state index in [4.69, 9.17) is 0 Å². The van der Waals surface area contributed by atoms with E-state index in [-0.39, 0.29) is 11.8 Å². The van der Waals surface area contributed by atoms with Gasteiger partial charge < -0.3 is 10.6 Å². The molecule has 2 heterocycles. The number of carbonyl (C=O) groups excluding carboxylic acids is 1. The van der Waals surface area contributed by atoms with Crippen LogP contribution in [0.3, 0.4) is 0 Å². The summed E-state index contributed by atoms with van der Waals surface area (Å²) in [6, 6.07) is 1.74. The summed E-state index contributed by atoms with van der Waals surface area (Å²) >= 11 is 0. The van der Waals surface area contributed by atoms with Gasteiger partial charge in [0.1, 0.15) is 5.82 Å². The fourth-order valence-corrected chi connectivity index (χ4v) is 1.64. The number of nitrogens with one attached hydrogen (secondary N) is 3. The van der Waals surface area contributed by atoms with Gasteiger partial charge in [0.2, 0.25) is 5.91 Å². The Morgan fingerprint density at radius 1 is 1.64 bits per heavy atom. The zero-order valence-corrected chi connectivity index (χ0v) is 7.92. The lowest BCUT2D eigenvalue weighted by atomic mass is 9.99. The van der Waals surface area contributed by atoms with Crippen molar-refractivity contribution in [1.82, 2.24) is 15.5 Å². The summed E-state index contributed by atoms with van der Waals surface area (Å²) in [5.74, 6) is 0.828. The highest BCUT2D eigenvalue weighted by atomic mass is 16.2. The standard InChI is InChI=1S/C9H14N4O/c14-9(7-2-1-4-10-6-7)12-8-3-5-11-13-8/h3,5,7,10H,1-2,4,6H2,(H2,11,12,13,14)/t7-/m0/s1. The van der Waals surface area contributed by atoms with Gasteiger partial charge in [-0.3, -0.25) is 9.89 Å². The minimum absolute atomic E-state index is 0.0708. The van der Waals surface area contributed by atoms with Crippen molar-refractivity contribution in [1.29, 1.82) is 0 Å². The molecule has 1 saturated heterocycles. The Morgan fingerprint density at radius 3 is 3.21 bits per heavy atom. The van der Waals surface area contributed by atoms with E-state index in [1.54, 1.807) is 12.3 Å². The van der Waals surface area contributed by atoms with Gasteiger partial charge in [0.05, 0.1) is 12.1 Å². The third-order valence-electron chi connectivity index (χ3n) is 2.43. The summed E-state index contributed by atoms with van der Waals surface area (Å²) in [6.45, 7) is 1.80. The van der Waals surface area contributed by atoms with E-state index in [1.165, 1.54) is 0 Å². The molecule has 3 N–H and O–H groups in total. The molecular weight excluding hydrogens is 180 g/mol. The van der Waals surface area contributed by atoms with Crippen LogP contribution in [0.25, 0.3) is 0 Å². The smallest absolute Gasteiger partial charge is 0.229 e. The molecule has 1 aliphatic heterocycles. The molecule has 1 atom stereocenters. The first-order chi connectivity index (χ1) is 6.86. The first-order valence-corrected chi connectivity index (χ1v) is 4.87. The van der Waals surface area contributed by atoms with Gasteiger partial charge in [0.15, 0.2) is 0 Å². The molecule has 1 aliphatic rings. The third kappa shape index (κ3) is 2.11. The topological polar surface area (TPSA) is 69.8 Å². The van der Waals surface area contributed by atoms with Crippen molar-refractivity contribution in [2.24, 2.45) is 5.92 Å². The molecule has 0 unspecified atom stereocenters. The summed E-state index contributed by atoms with van der Waals surface area (Å²) in [6.07, 6.45) is 3.66. The number of aromatic nitrogens is 2. The van der Waals surface area contributed by atoms with Gasteiger partial charge in [0.25, 0.3) is 0 Å². The molecule has 0 aromatic carbocycles. The predicted molar refractivity (Wildman–Crippen MR) is 52.8 cm³/mol. The van der Waals surface area contributed by atoms with Crippen molar-refractivity contribution in [3.05, 3.63) is 12.3 Å². The highest BCUT2D eigenvalue weighted by Crippen LogP contribution is 2.12. The van der Waals surface area contributed by atoms with Gasteiger partial charge in [-0.25, -0.2) is 0 Å². The quantitative estimate of drug-likeness (QED) is 0.636. The van der Waals surface area contributed by atoms with Crippen LogP contribution in [0.2, 0.25) is 0 Å². The molecule has 5 heteroatoms. The van der Waals surface area contributed by atoms with Crippen LogP contribution in [-0.2, 0) is 4.79 Å². The number of carbonyl (C=O) groups is 1. The highest BCUT2D eigenvalue weighted by Gasteiger charge is 2.20. The van der Waals surface area contributed by atoms with Gasteiger partial charge in [0, 0.05) is 12.6 Å². The SMILES string of the molecule is O=C(Nc1ccn[nH]1)[C@H]1CCCNC1. The van der Waals surface area contributed by atoms with Crippen LogP contribution in [0.1, 0.15) is 12.8 Å². The maximum absolute atomic E-state index is 11.7. The first-order valence-electron chi connectivity index (χ1n) is 4.87. The number of nitrogens with zero attached hydrogens (tertiary/aromatic N) is 1. The van der Waals surface area contributed by atoms with E-state index < -0.39 is 0 Å². The molecule has 0 saturated carbocycles. The Kier molecular flexibility index (Phi) is 2.78. The van der Waals surface area contributed by atoms with Crippen LogP contribution in [0.5, 0.6) is 0 Å². The number of amides is 1. The van der Waals surface area contributed by atoms with Gasteiger partial charge in [-0.15, -0.1) is 0 Å². The lowest BCUT2D eigenvalue weighted by Crippen LogP contribution is -2.37. The van der Waals surface area contributed by atoms with Gasteiger partial charge in [-0.05, 0) is 19.4 Å². The fourth-order valence-electron chi connectivity index (χ4n) is 1.64. The second-order valence-corrected chi connectivity index (χ2v) is 3.50. The van der Waals surface area contributed by atoms with Crippen LogP contribution < -0.4 is 10.6 Å². The van der Waals surface area contributed by atoms with E-state index in [0.717, 1.165) is 25.9 Å². The van der Waals surface area contributed by atoms with Gasteiger partial charge in [-0.1, -0.05) is 0 Å². The highest BCUT2D eigenvalue weighted by molar-refractivity contribution is 5.91. The number of hydrogen-bond donors (Lipinski definition) is 3. The molecule has 1 amide bonds. The molecule has 0 aliphatic carbocycles. The monoisotopic (exact) mass is 194 g/mol. The maximum atomic E-state index is 11.7. The van der Waals surface area contributed by atoms with E-state index >= 15 is 0 Å². The number of rotatable bonds is 2. The van der Waals surface area contributed by atoms with Crippen LogP contribution in [0.15, 0.2) is 12.3 Å². The zero-order valence-electron chi connectivity index (χ0n) is 7.92. The molecular formula is C9H14N4O. The summed E-state index contributed by atoms with van der Waals surface area (Å²) in [5.41, 5.74) is 0.